The zero-order valence-electron chi connectivity index (χ0n) is 6.36. The third-order valence-corrected chi connectivity index (χ3v) is 1.58. The van der Waals surface area contributed by atoms with Gasteiger partial charge in [0.15, 0.2) is 0 Å². The minimum atomic E-state index is 0.423. The van der Waals surface area contributed by atoms with E-state index in [9.17, 15) is 0 Å². The number of rotatable bonds is 0. The molecule has 1 aromatic heterocycles. The minimum Gasteiger partial charge on any atom is -0.399 e. The van der Waals surface area contributed by atoms with E-state index in [1.807, 2.05) is 0 Å². The molecule has 0 aliphatic carbocycles. The van der Waals surface area contributed by atoms with Gasteiger partial charge in [0.1, 0.15) is 5.82 Å². The summed E-state index contributed by atoms with van der Waals surface area (Å²) in [5.41, 5.74) is 13.2. The summed E-state index contributed by atoms with van der Waals surface area (Å²) < 4.78 is 0. The average molecular weight is 160 g/mol. The molecule has 0 aliphatic rings. The smallest absolute Gasteiger partial charge is 0.142 e. The van der Waals surface area contributed by atoms with Crippen LogP contribution in [0.2, 0.25) is 0 Å². The zero-order valence-corrected chi connectivity index (χ0v) is 6.36. The van der Waals surface area contributed by atoms with Gasteiger partial charge in [-0.05, 0) is 18.2 Å². The third kappa shape index (κ3) is 1.03. The molecule has 2 aromatic rings. The highest BCUT2D eigenvalue weighted by atomic mass is 14.9. The molecule has 4 N–H and O–H groups in total. The van der Waals surface area contributed by atoms with Crippen LogP contribution in [-0.4, -0.2) is 9.97 Å². The maximum atomic E-state index is 5.56. The van der Waals surface area contributed by atoms with E-state index in [1.165, 1.54) is 6.20 Å². The second-order valence-electron chi connectivity index (χ2n) is 2.54. The number of nitrogens with zero attached hydrogens (tertiary/aromatic N) is 2. The average Bonchev–Trinajstić information content (AvgIpc) is 2.05. The Hall–Kier alpha value is -1.84. The molecular formula is C8H8N4. The van der Waals surface area contributed by atoms with E-state index in [2.05, 4.69) is 9.97 Å². The number of benzene rings is 1. The normalized spacial score (nSPS) is 10.3. The SMILES string of the molecule is Nc1ccc2nc(N)cnc2c1. The Balaban J connectivity index is 2.79. The Kier molecular flexibility index (Phi) is 1.33. The first-order valence-corrected chi connectivity index (χ1v) is 3.53. The first-order valence-electron chi connectivity index (χ1n) is 3.53. The van der Waals surface area contributed by atoms with Gasteiger partial charge in [-0.3, -0.25) is 4.98 Å². The summed E-state index contributed by atoms with van der Waals surface area (Å²) in [6.07, 6.45) is 1.52. The van der Waals surface area contributed by atoms with Crippen LogP contribution in [0.3, 0.4) is 0 Å². The molecule has 4 heteroatoms. The molecule has 12 heavy (non-hydrogen) atoms. The van der Waals surface area contributed by atoms with Gasteiger partial charge < -0.3 is 11.5 Å². The summed E-state index contributed by atoms with van der Waals surface area (Å²) in [6, 6.07) is 5.34. The van der Waals surface area contributed by atoms with E-state index < -0.39 is 0 Å². The van der Waals surface area contributed by atoms with Gasteiger partial charge in [-0.25, -0.2) is 4.98 Å². The van der Waals surface area contributed by atoms with E-state index >= 15 is 0 Å². The third-order valence-electron chi connectivity index (χ3n) is 1.58. The fourth-order valence-corrected chi connectivity index (χ4v) is 1.04. The highest BCUT2D eigenvalue weighted by Crippen LogP contribution is 2.13. The van der Waals surface area contributed by atoms with Crippen molar-refractivity contribution in [1.29, 1.82) is 0 Å². The summed E-state index contributed by atoms with van der Waals surface area (Å²) in [6.45, 7) is 0. The number of anilines is 2. The first kappa shape index (κ1) is 6.84. The molecule has 0 fully saturated rings. The lowest BCUT2D eigenvalue weighted by molar-refractivity contribution is 1.30. The molecule has 0 aliphatic heterocycles. The Morgan fingerprint density at radius 2 is 1.92 bits per heavy atom. The maximum Gasteiger partial charge on any atom is 0.142 e. The molecule has 0 spiro atoms. The van der Waals surface area contributed by atoms with Crippen LogP contribution in [0.5, 0.6) is 0 Å². The van der Waals surface area contributed by atoms with E-state index in [-0.39, 0.29) is 0 Å². The van der Waals surface area contributed by atoms with Crippen LogP contribution in [-0.2, 0) is 0 Å². The van der Waals surface area contributed by atoms with Crippen LogP contribution in [0.4, 0.5) is 11.5 Å². The summed E-state index contributed by atoms with van der Waals surface area (Å²) in [4.78, 5) is 8.15. The van der Waals surface area contributed by atoms with Crippen LogP contribution < -0.4 is 11.5 Å². The van der Waals surface area contributed by atoms with Crippen molar-refractivity contribution < 1.29 is 0 Å². The van der Waals surface area contributed by atoms with E-state index in [4.69, 9.17) is 11.5 Å². The molecule has 60 valence electrons. The molecule has 2 rings (SSSR count). The highest BCUT2D eigenvalue weighted by molar-refractivity contribution is 5.78. The minimum absolute atomic E-state index is 0.423. The Bertz CT molecular complexity index is 383. The largest absolute Gasteiger partial charge is 0.399 e. The summed E-state index contributed by atoms with van der Waals surface area (Å²) >= 11 is 0. The molecule has 0 atom stereocenters. The maximum absolute atomic E-state index is 5.56. The van der Waals surface area contributed by atoms with Crippen molar-refractivity contribution >= 4 is 22.5 Å². The Morgan fingerprint density at radius 1 is 1.08 bits per heavy atom. The standard InChI is InChI=1S/C8H8N4/c9-5-1-2-6-7(3-5)11-4-8(10)12-6/h1-4H,9H2,(H2,10,12). The molecule has 0 amide bonds. The first-order chi connectivity index (χ1) is 5.75. The van der Waals surface area contributed by atoms with Crippen molar-refractivity contribution in [2.45, 2.75) is 0 Å². The van der Waals surface area contributed by atoms with Crippen LogP contribution in [0.15, 0.2) is 24.4 Å². The lowest BCUT2D eigenvalue weighted by atomic mass is 10.3. The second kappa shape index (κ2) is 2.34. The van der Waals surface area contributed by atoms with Gasteiger partial charge >= 0.3 is 0 Å². The van der Waals surface area contributed by atoms with Crippen molar-refractivity contribution in [3.8, 4) is 0 Å². The lowest BCUT2D eigenvalue weighted by Crippen LogP contribution is -1.93. The zero-order chi connectivity index (χ0) is 8.55. The summed E-state index contributed by atoms with van der Waals surface area (Å²) in [5.74, 6) is 0.423. The van der Waals surface area contributed by atoms with Crippen molar-refractivity contribution in [3.63, 3.8) is 0 Å². The molecule has 0 saturated carbocycles. The van der Waals surface area contributed by atoms with E-state index in [0.717, 1.165) is 11.0 Å². The van der Waals surface area contributed by atoms with Gasteiger partial charge in [0.2, 0.25) is 0 Å². The number of nitrogen functional groups attached to an aromatic ring is 2. The van der Waals surface area contributed by atoms with E-state index in [1.54, 1.807) is 18.2 Å². The fourth-order valence-electron chi connectivity index (χ4n) is 1.04. The van der Waals surface area contributed by atoms with Gasteiger partial charge in [0.05, 0.1) is 17.2 Å². The molecule has 4 nitrogen and oxygen atoms in total. The van der Waals surface area contributed by atoms with Crippen LogP contribution in [0.25, 0.3) is 11.0 Å². The quantitative estimate of drug-likeness (QED) is 0.558. The monoisotopic (exact) mass is 160 g/mol. The number of aromatic nitrogens is 2. The van der Waals surface area contributed by atoms with Gasteiger partial charge in [-0.15, -0.1) is 0 Å². The van der Waals surface area contributed by atoms with Crippen molar-refractivity contribution in [2.24, 2.45) is 0 Å². The lowest BCUT2D eigenvalue weighted by Gasteiger charge is -1.98. The number of nitrogens with two attached hydrogens (primary N) is 2. The Labute approximate surface area is 69.2 Å². The molecule has 0 bridgehead atoms. The Morgan fingerprint density at radius 3 is 2.75 bits per heavy atom. The summed E-state index contributed by atoms with van der Waals surface area (Å²) in [7, 11) is 0. The van der Waals surface area contributed by atoms with Gasteiger partial charge in [-0.2, -0.15) is 0 Å². The number of fused-ring (bicyclic) bond motifs is 1. The van der Waals surface area contributed by atoms with Crippen molar-refractivity contribution in [2.75, 3.05) is 11.5 Å². The topological polar surface area (TPSA) is 77.8 Å². The highest BCUT2D eigenvalue weighted by Gasteiger charge is 1.96. The van der Waals surface area contributed by atoms with Crippen LogP contribution in [0, 0.1) is 0 Å². The van der Waals surface area contributed by atoms with Crippen LogP contribution in [0.1, 0.15) is 0 Å². The molecule has 1 heterocycles. The van der Waals surface area contributed by atoms with Gasteiger partial charge in [0.25, 0.3) is 0 Å². The van der Waals surface area contributed by atoms with E-state index in [0.29, 0.717) is 11.5 Å². The molecule has 0 unspecified atom stereocenters. The van der Waals surface area contributed by atoms with Gasteiger partial charge in [0, 0.05) is 5.69 Å². The fraction of sp³-hybridized carbons (Fsp3) is 0. The molecule has 1 aromatic carbocycles. The molecule has 0 saturated heterocycles. The van der Waals surface area contributed by atoms with Crippen LogP contribution >= 0.6 is 0 Å². The predicted molar refractivity (Wildman–Crippen MR) is 48.4 cm³/mol. The number of hydrogen-bond donors (Lipinski definition) is 2. The van der Waals surface area contributed by atoms with Crippen molar-refractivity contribution in [1.82, 2.24) is 9.97 Å². The predicted octanol–water partition coefficient (Wildman–Crippen LogP) is 0.794. The van der Waals surface area contributed by atoms with Gasteiger partial charge in [-0.1, -0.05) is 0 Å². The van der Waals surface area contributed by atoms with Crippen molar-refractivity contribution in [3.05, 3.63) is 24.4 Å². The molecular weight excluding hydrogens is 152 g/mol. The second-order valence-corrected chi connectivity index (χ2v) is 2.54. The molecule has 0 radical (unpaired) electrons. The summed E-state index contributed by atoms with van der Waals surface area (Å²) in [5, 5.41) is 0. The number of hydrogen-bond acceptors (Lipinski definition) is 4.